The molecule has 4 rings (SSSR count). The quantitative estimate of drug-likeness (QED) is 0.421. The van der Waals surface area contributed by atoms with Crippen LogP contribution in [0, 0.1) is 0 Å². The summed E-state index contributed by atoms with van der Waals surface area (Å²) in [5.74, 6) is 0.526. The second-order valence-corrected chi connectivity index (χ2v) is 8.62. The Labute approximate surface area is 180 Å². The molecule has 0 saturated heterocycles. The fourth-order valence-electron chi connectivity index (χ4n) is 2.76. The molecular formula is C19H17ClN6OS2. The second-order valence-electron chi connectivity index (χ2n) is 6.24. The van der Waals surface area contributed by atoms with Crippen LogP contribution in [-0.4, -0.2) is 25.7 Å². The predicted molar refractivity (Wildman–Crippen MR) is 118 cm³/mol. The van der Waals surface area contributed by atoms with Gasteiger partial charge in [0.1, 0.15) is 6.04 Å². The average molecular weight is 445 g/mol. The van der Waals surface area contributed by atoms with Gasteiger partial charge >= 0.3 is 0 Å². The number of thiazole rings is 1. The molecule has 4 aromatic rings. The van der Waals surface area contributed by atoms with Crippen LogP contribution in [0.2, 0.25) is 5.02 Å². The maximum absolute atomic E-state index is 12.8. The highest BCUT2D eigenvalue weighted by atomic mass is 35.5. The molecule has 1 unspecified atom stereocenters. The molecule has 1 amide bonds. The molecule has 10 heteroatoms. The molecule has 0 saturated carbocycles. The summed E-state index contributed by atoms with van der Waals surface area (Å²) < 4.78 is 2.62. The smallest absolute Gasteiger partial charge is 0.249 e. The van der Waals surface area contributed by atoms with Crippen molar-refractivity contribution in [3.63, 3.8) is 0 Å². The normalized spacial score (nSPS) is 12.2. The van der Waals surface area contributed by atoms with Gasteiger partial charge in [0.15, 0.2) is 10.3 Å². The van der Waals surface area contributed by atoms with Gasteiger partial charge in [0.2, 0.25) is 11.9 Å². The van der Waals surface area contributed by atoms with E-state index >= 15 is 0 Å². The average Bonchev–Trinajstić information content (AvgIpc) is 3.29. The number of fused-ring (bicyclic) bond motifs is 1. The van der Waals surface area contributed by atoms with Crippen LogP contribution in [0.3, 0.4) is 0 Å². The van der Waals surface area contributed by atoms with Crippen LogP contribution >= 0.6 is 34.7 Å². The number of amides is 1. The molecule has 29 heavy (non-hydrogen) atoms. The van der Waals surface area contributed by atoms with Crippen LogP contribution in [-0.2, 0) is 10.5 Å². The van der Waals surface area contributed by atoms with E-state index in [4.69, 9.17) is 17.3 Å². The summed E-state index contributed by atoms with van der Waals surface area (Å²) in [5.41, 5.74) is 7.81. The summed E-state index contributed by atoms with van der Waals surface area (Å²) in [6, 6.07) is 14.7. The first-order chi connectivity index (χ1) is 14.0. The van der Waals surface area contributed by atoms with Crippen molar-refractivity contribution in [3.8, 4) is 0 Å². The first-order valence-corrected chi connectivity index (χ1v) is 10.9. The molecule has 0 spiro atoms. The van der Waals surface area contributed by atoms with Gasteiger partial charge < -0.3 is 11.1 Å². The van der Waals surface area contributed by atoms with E-state index in [0.29, 0.717) is 21.1 Å². The van der Waals surface area contributed by atoms with E-state index < -0.39 is 6.04 Å². The number of carbonyl (C=O) groups excluding carboxylic acids is 1. The van der Waals surface area contributed by atoms with Gasteiger partial charge in [0.25, 0.3) is 0 Å². The van der Waals surface area contributed by atoms with Crippen molar-refractivity contribution < 1.29 is 4.79 Å². The summed E-state index contributed by atoms with van der Waals surface area (Å²) >= 11 is 9.07. The number of thioether (sulfide) groups is 1. The zero-order valence-electron chi connectivity index (χ0n) is 15.4. The zero-order valence-corrected chi connectivity index (χ0v) is 17.8. The molecule has 2 aromatic carbocycles. The number of nitrogens with one attached hydrogen (secondary N) is 1. The number of carbonyl (C=O) groups is 1. The van der Waals surface area contributed by atoms with Gasteiger partial charge in [0, 0.05) is 10.8 Å². The molecule has 3 N–H and O–H groups in total. The van der Waals surface area contributed by atoms with Crippen molar-refractivity contribution in [2.75, 3.05) is 11.1 Å². The highest BCUT2D eigenvalue weighted by Gasteiger charge is 2.23. The monoisotopic (exact) mass is 444 g/mol. The third-order valence-electron chi connectivity index (χ3n) is 4.30. The van der Waals surface area contributed by atoms with Gasteiger partial charge in [-0.3, -0.25) is 9.36 Å². The molecule has 0 radical (unpaired) electrons. The van der Waals surface area contributed by atoms with Crippen LogP contribution in [0.15, 0.2) is 53.7 Å². The lowest BCUT2D eigenvalue weighted by Crippen LogP contribution is -2.25. The first kappa shape index (κ1) is 19.7. The Bertz CT molecular complexity index is 1140. The fourth-order valence-corrected chi connectivity index (χ4v) is 4.94. The Morgan fingerprint density at radius 1 is 1.24 bits per heavy atom. The first-order valence-electron chi connectivity index (χ1n) is 8.76. The molecule has 0 fully saturated rings. The third kappa shape index (κ3) is 4.21. The summed E-state index contributed by atoms with van der Waals surface area (Å²) in [6.07, 6.45) is 0. The molecule has 2 aromatic heterocycles. The molecular weight excluding hydrogens is 428 g/mol. The van der Waals surface area contributed by atoms with E-state index in [1.807, 2.05) is 48.5 Å². The number of halogens is 1. The number of hydrogen-bond acceptors (Lipinski definition) is 7. The molecule has 1 atom stereocenters. The van der Waals surface area contributed by atoms with Gasteiger partial charge in [-0.15, -0.1) is 10.2 Å². The number of nitrogens with two attached hydrogens (primary N) is 1. The van der Waals surface area contributed by atoms with Crippen LogP contribution in [0.1, 0.15) is 18.5 Å². The van der Waals surface area contributed by atoms with Gasteiger partial charge in [-0.1, -0.05) is 65.0 Å². The van der Waals surface area contributed by atoms with Crippen molar-refractivity contribution >= 4 is 61.9 Å². The molecule has 7 nitrogen and oxygen atoms in total. The maximum Gasteiger partial charge on any atom is 0.249 e. The summed E-state index contributed by atoms with van der Waals surface area (Å²) in [4.78, 5) is 17.3. The van der Waals surface area contributed by atoms with Crippen molar-refractivity contribution in [2.24, 2.45) is 0 Å². The second kappa shape index (κ2) is 8.40. The van der Waals surface area contributed by atoms with Crippen LogP contribution in [0.25, 0.3) is 10.2 Å². The van der Waals surface area contributed by atoms with Crippen molar-refractivity contribution in [1.29, 1.82) is 0 Å². The van der Waals surface area contributed by atoms with E-state index in [2.05, 4.69) is 20.5 Å². The summed E-state index contributed by atoms with van der Waals surface area (Å²) in [6.45, 7) is 1.75. The van der Waals surface area contributed by atoms with E-state index in [0.717, 1.165) is 15.8 Å². The zero-order chi connectivity index (χ0) is 20.4. The Morgan fingerprint density at radius 2 is 2.00 bits per heavy atom. The minimum Gasteiger partial charge on any atom is -0.368 e. The number of rotatable bonds is 6. The van der Waals surface area contributed by atoms with E-state index in [-0.39, 0.29) is 11.9 Å². The molecule has 148 valence electrons. The number of benzene rings is 2. The number of nitrogens with zero attached hydrogens (tertiary/aromatic N) is 4. The summed E-state index contributed by atoms with van der Waals surface area (Å²) in [5, 5.41) is 12.7. The number of para-hydroxylation sites is 1. The van der Waals surface area contributed by atoms with Crippen molar-refractivity contribution in [2.45, 2.75) is 23.9 Å². The third-order valence-corrected chi connectivity index (χ3v) is 6.61. The van der Waals surface area contributed by atoms with E-state index in [9.17, 15) is 4.79 Å². The maximum atomic E-state index is 12.8. The Balaban J connectivity index is 1.50. The number of anilines is 2. The molecule has 0 aliphatic heterocycles. The number of aromatic nitrogens is 4. The molecule has 2 heterocycles. The highest BCUT2D eigenvalue weighted by molar-refractivity contribution is 7.98. The van der Waals surface area contributed by atoms with Crippen LogP contribution < -0.4 is 11.1 Å². The van der Waals surface area contributed by atoms with Crippen molar-refractivity contribution in [1.82, 2.24) is 19.7 Å². The largest absolute Gasteiger partial charge is 0.368 e. The lowest BCUT2D eigenvalue weighted by atomic mass is 10.2. The number of nitrogen functional groups attached to an aromatic ring is 1. The van der Waals surface area contributed by atoms with Gasteiger partial charge in [-0.2, -0.15) is 0 Å². The Kier molecular flexibility index (Phi) is 5.70. The Morgan fingerprint density at radius 3 is 2.79 bits per heavy atom. The fraction of sp³-hybridized carbons (Fsp3) is 0.158. The van der Waals surface area contributed by atoms with Crippen LogP contribution in [0.5, 0.6) is 0 Å². The number of hydrogen-bond donors (Lipinski definition) is 2. The Hall–Kier alpha value is -2.62. The topological polar surface area (TPSA) is 98.7 Å². The minimum absolute atomic E-state index is 0.179. The molecule has 0 aliphatic rings. The van der Waals surface area contributed by atoms with Gasteiger partial charge in [-0.25, -0.2) is 4.98 Å². The van der Waals surface area contributed by atoms with Crippen LogP contribution in [0.4, 0.5) is 11.1 Å². The highest BCUT2D eigenvalue weighted by Crippen LogP contribution is 2.30. The molecule has 0 bridgehead atoms. The minimum atomic E-state index is -0.606. The van der Waals surface area contributed by atoms with Gasteiger partial charge in [-0.05, 0) is 30.7 Å². The standard InChI is InChI=1S/C19H17ClN6OS2/c1-11(16(27)23-18-22-14-8-4-5-9-15(14)29-18)26-17(21)24-25-19(26)28-10-12-6-2-3-7-13(12)20/h2-9,11H,10H2,1H3,(H2,21,24)(H,22,23,27). The lowest BCUT2D eigenvalue weighted by molar-refractivity contribution is -0.118. The van der Waals surface area contributed by atoms with Crippen molar-refractivity contribution in [3.05, 3.63) is 59.1 Å². The van der Waals surface area contributed by atoms with E-state index in [1.54, 1.807) is 11.5 Å². The summed E-state index contributed by atoms with van der Waals surface area (Å²) in [7, 11) is 0. The SMILES string of the molecule is CC(C(=O)Nc1nc2ccccc2s1)n1c(N)nnc1SCc1ccccc1Cl. The predicted octanol–water partition coefficient (Wildman–Crippen LogP) is 4.62. The lowest BCUT2D eigenvalue weighted by Gasteiger charge is -2.15. The van der Waals surface area contributed by atoms with E-state index in [1.165, 1.54) is 23.1 Å². The van der Waals surface area contributed by atoms with Gasteiger partial charge in [0.05, 0.1) is 10.2 Å². The molecule has 0 aliphatic carbocycles.